The number of benzene rings is 1. The van der Waals surface area contributed by atoms with Crippen LogP contribution in [-0.2, 0) is 6.52 Å². The topological polar surface area (TPSA) is 83.0 Å². The summed E-state index contributed by atoms with van der Waals surface area (Å²) in [7, 11) is 0. The number of fused-ring (bicyclic) bond motifs is 1. The Morgan fingerprint density at radius 1 is 1.50 bits per heavy atom. The Kier molecular flexibility index (Phi) is 3.69. The molecule has 1 aromatic carbocycles. The van der Waals surface area contributed by atoms with E-state index in [-0.39, 0.29) is 34.0 Å². The second-order valence-corrected chi connectivity index (χ2v) is 7.76. The van der Waals surface area contributed by atoms with Crippen molar-refractivity contribution in [1.82, 2.24) is 25.2 Å². The number of anilines is 1. The second kappa shape index (κ2) is 8.38. The molecule has 4 rings (SSSR count). The SMILES string of the molecule is [2H]C(c1cccc(C(=O)N([2H])C([2H])([2H])[2H])c1)N1CCC([2H])(N([2H])c2ncnc3sc(Cl)nc23)CC1. The number of rotatable bonds is 5. The lowest BCUT2D eigenvalue weighted by atomic mass is 10.0. The minimum Gasteiger partial charge on any atom is -0.365 e. The second-order valence-electron chi connectivity index (χ2n) is 6.20. The molecule has 2 N–H and O–H groups in total. The zero-order valence-electron chi connectivity index (χ0n) is 21.7. The first kappa shape index (κ1) is 12.3. The molecule has 1 amide bonds. The number of thiazole rings is 1. The number of amides is 1. The molecule has 146 valence electrons. The smallest absolute Gasteiger partial charge is 0.251 e. The summed E-state index contributed by atoms with van der Waals surface area (Å²) in [5, 5.41) is 0.975. The normalized spacial score (nSPS) is 22.0. The van der Waals surface area contributed by atoms with E-state index in [0.29, 0.717) is 29.0 Å². The van der Waals surface area contributed by atoms with E-state index in [0.717, 1.165) is 5.31 Å². The molecule has 9 heteroatoms. The number of hydrogen-bond donors (Lipinski definition) is 2. The van der Waals surface area contributed by atoms with Crippen molar-refractivity contribution >= 4 is 45.0 Å². The van der Waals surface area contributed by atoms with Crippen LogP contribution in [0.25, 0.3) is 10.3 Å². The van der Waals surface area contributed by atoms with Crippen molar-refractivity contribution in [2.24, 2.45) is 0 Å². The molecule has 1 aliphatic heterocycles. The van der Waals surface area contributed by atoms with Gasteiger partial charge in [-0.05, 0) is 30.5 Å². The van der Waals surface area contributed by atoms with E-state index in [1.807, 2.05) is 4.90 Å². The predicted octanol–water partition coefficient (Wildman–Crippen LogP) is 3.18. The van der Waals surface area contributed by atoms with Crippen molar-refractivity contribution < 1.29 is 14.5 Å². The first-order valence-corrected chi connectivity index (χ1v) is 9.76. The summed E-state index contributed by atoms with van der Waals surface area (Å²) in [6.07, 6.45) is 1.80. The summed E-state index contributed by atoms with van der Waals surface area (Å²) < 4.78 is 55.7. The van der Waals surface area contributed by atoms with Crippen molar-refractivity contribution in [3.8, 4) is 0 Å². The fourth-order valence-electron chi connectivity index (χ4n) is 3.00. The van der Waals surface area contributed by atoms with Gasteiger partial charge in [0, 0.05) is 43.7 Å². The van der Waals surface area contributed by atoms with E-state index in [1.54, 1.807) is 12.1 Å². The Labute approximate surface area is 182 Å². The number of halogens is 1. The Morgan fingerprint density at radius 2 is 2.36 bits per heavy atom. The van der Waals surface area contributed by atoms with E-state index < -0.39 is 25.4 Å². The zero-order chi connectivity index (χ0) is 25.5. The highest BCUT2D eigenvalue weighted by Gasteiger charge is 2.21. The van der Waals surface area contributed by atoms with E-state index in [2.05, 4.69) is 15.0 Å². The van der Waals surface area contributed by atoms with E-state index in [4.69, 9.17) is 21.3 Å². The van der Waals surface area contributed by atoms with Gasteiger partial charge in [0.05, 0.1) is 1.37 Å². The molecule has 3 heterocycles. The molecule has 0 radical (unpaired) electrons. The maximum absolute atomic E-state index is 12.4. The fraction of sp³-hybridized carbons (Fsp3) is 0.368. The molecule has 28 heavy (non-hydrogen) atoms. The molecular weight excluding hydrogens is 396 g/mol. The fourth-order valence-corrected chi connectivity index (χ4v) is 3.93. The molecule has 7 nitrogen and oxygen atoms in total. The number of likely N-dealkylation sites (tertiary alicyclic amines) is 1. The maximum atomic E-state index is 12.4. The maximum Gasteiger partial charge on any atom is 0.251 e. The lowest BCUT2D eigenvalue weighted by molar-refractivity contribution is 0.0963. The van der Waals surface area contributed by atoms with Gasteiger partial charge in [-0.1, -0.05) is 35.1 Å². The molecule has 1 atom stereocenters. The number of nitrogens with one attached hydrogen (secondary N) is 2. The minimum atomic E-state index is -2.89. The van der Waals surface area contributed by atoms with Crippen LogP contribution < -0.4 is 10.6 Å². The summed E-state index contributed by atoms with van der Waals surface area (Å²) in [5.41, 5.74) is 0.835. The molecule has 0 bridgehead atoms. The van der Waals surface area contributed by atoms with E-state index >= 15 is 0 Å². The highest BCUT2D eigenvalue weighted by molar-refractivity contribution is 7.21. The third kappa shape index (κ3) is 4.24. The van der Waals surface area contributed by atoms with Crippen LogP contribution in [0.3, 0.4) is 0 Å². The number of aromatic nitrogens is 3. The third-order valence-corrected chi connectivity index (χ3v) is 5.42. The van der Waals surface area contributed by atoms with Crippen molar-refractivity contribution in [2.45, 2.75) is 25.4 Å². The molecule has 2 aromatic heterocycles. The molecule has 1 aliphatic rings. The van der Waals surface area contributed by atoms with Crippen molar-refractivity contribution in [1.29, 1.82) is 0 Å². The van der Waals surface area contributed by atoms with Crippen LogP contribution in [0.5, 0.6) is 0 Å². The van der Waals surface area contributed by atoms with Crippen LogP contribution in [0.2, 0.25) is 7.29 Å². The van der Waals surface area contributed by atoms with Gasteiger partial charge >= 0.3 is 0 Å². The summed E-state index contributed by atoms with van der Waals surface area (Å²) >= 11 is 7.15. The van der Waals surface area contributed by atoms with Crippen LogP contribution in [0, 0.1) is 0 Å². The standard InChI is InChI=1S/C19H21ClN6OS/c1-21-17(27)13-4-2-3-12(9-13)10-26-7-5-14(6-8-26)24-16-15-18(23-11-22-16)28-19(20)25-15/h2-4,9,11,14H,5-8,10H2,1H3,(H,21,27)(H,22,23,24)/i1D3,10D,14D/hD2. The number of carbonyl (C=O) groups is 1. The number of carbonyl (C=O) groups excluding carboxylic acids is 1. The lowest BCUT2D eigenvalue weighted by Gasteiger charge is -2.32. The third-order valence-electron chi connectivity index (χ3n) is 4.36. The van der Waals surface area contributed by atoms with Crippen molar-refractivity contribution in [2.75, 3.05) is 25.4 Å². The van der Waals surface area contributed by atoms with Crippen LogP contribution in [0.4, 0.5) is 5.82 Å². The van der Waals surface area contributed by atoms with Gasteiger partial charge in [-0.25, -0.2) is 15.0 Å². The Balaban J connectivity index is 1.47. The predicted molar refractivity (Wildman–Crippen MR) is 112 cm³/mol. The van der Waals surface area contributed by atoms with Gasteiger partial charge in [-0.2, -0.15) is 0 Å². The zero-order valence-corrected chi connectivity index (χ0v) is 16.2. The monoisotopic (exact) mass is 423 g/mol. The largest absolute Gasteiger partial charge is 0.365 e. The molecule has 1 saturated heterocycles. The van der Waals surface area contributed by atoms with Crippen LogP contribution in [0.1, 0.15) is 35.6 Å². The summed E-state index contributed by atoms with van der Waals surface area (Å²) in [4.78, 5) is 27.1. The van der Waals surface area contributed by atoms with E-state index in [9.17, 15) is 4.79 Å². The molecule has 3 aromatic rings. The van der Waals surface area contributed by atoms with Crippen LogP contribution in [0.15, 0.2) is 30.6 Å². The summed E-state index contributed by atoms with van der Waals surface area (Å²) in [6, 6.07) is 4.71. The Morgan fingerprint density at radius 3 is 3.18 bits per heavy atom. The summed E-state index contributed by atoms with van der Waals surface area (Å²) in [5.74, 6) is -0.782. The first-order valence-electron chi connectivity index (χ1n) is 12.0. The molecule has 1 fully saturated rings. The van der Waals surface area contributed by atoms with Gasteiger partial charge in [-0.15, -0.1) is 0 Å². The number of hydrogen-bond acceptors (Lipinski definition) is 7. The van der Waals surface area contributed by atoms with Crippen LogP contribution >= 0.6 is 22.9 Å². The Hall–Kier alpha value is -2.29. The molecular formula is C19H21ClN6OS. The summed E-state index contributed by atoms with van der Waals surface area (Å²) in [6.45, 7) is -3.10. The van der Waals surface area contributed by atoms with Crippen LogP contribution in [-0.4, -0.2) is 51.8 Å². The average molecular weight is 424 g/mol. The highest BCUT2D eigenvalue weighted by atomic mass is 35.5. The van der Waals surface area contributed by atoms with Gasteiger partial charge < -0.3 is 10.6 Å². The first-order chi connectivity index (χ1) is 16.4. The van der Waals surface area contributed by atoms with Crippen molar-refractivity contribution in [3.63, 3.8) is 0 Å². The lowest BCUT2D eigenvalue weighted by Crippen LogP contribution is -2.38. The molecule has 0 saturated carbocycles. The average Bonchev–Trinajstić information content (AvgIpc) is 3.22. The quantitative estimate of drug-likeness (QED) is 0.655. The van der Waals surface area contributed by atoms with Gasteiger partial charge in [0.15, 0.2) is 13.1 Å². The molecule has 0 aliphatic carbocycles. The molecule has 0 spiro atoms. The van der Waals surface area contributed by atoms with Gasteiger partial charge in [0.25, 0.3) is 5.91 Å². The number of nitrogens with zero attached hydrogens (tertiary/aromatic N) is 4. The Bertz CT molecular complexity index is 1240. The van der Waals surface area contributed by atoms with Gasteiger partial charge in [0.1, 0.15) is 16.7 Å². The van der Waals surface area contributed by atoms with Gasteiger partial charge in [0.2, 0.25) is 0 Å². The molecule has 1 unspecified atom stereocenters. The van der Waals surface area contributed by atoms with E-state index in [1.165, 1.54) is 29.8 Å². The minimum absolute atomic E-state index is 0.00441. The number of piperidine rings is 1. The van der Waals surface area contributed by atoms with Crippen molar-refractivity contribution in [3.05, 3.63) is 46.2 Å². The highest BCUT2D eigenvalue weighted by Crippen LogP contribution is 2.28. The van der Waals surface area contributed by atoms with Gasteiger partial charge in [-0.3, -0.25) is 9.69 Å².